The van der Waals surface area contributed by atoms with Crippen LogP contribution in [-0.2, 0) is 18.8 Å². The van der Waals surface area contributed by atoms with Gasteiger partial charge in [0.2, 0.25) is 0 Å². The van der Waals surface area contributed by atoms with E-state index >= 15 is 0 Å². The molecule has 4 nitrogen and oxygen atoms in total. The largest absolute Gasteiger partial charge is 0.469 e. The maximum atomic E-state index is 11.9. The van der Waals surface area contributed by atoms with Crippen molar-refractivity contribution in [2.45, 2.75) is 77.8 Å². The van der Waals surface area contributed by atoms with Crippen LogP contribution in [0.5, 0.6) is 0 Å². The minimum absolute atomic E-state index is 0.0267. The second-order valence-corrected chi connectivity index (χ2v) is 8.23. The molecular formula is C16H29BO4. The van der Waals surface area contributed by atoms with E-state index in [-0.39, 0.29) is 35.6 Å². The average molecular weight is 296 g/mol. The molecule has 2 fully saturated rings. The molecule has 0 radical (unpaired) electrons. The van der Waals surface area contributed by atoms with Gasteiger partial charge in [0.1, 0.15) is 0 Å². The lowest BCUT2D eigenvalue weighted by Gasteiger charge is -2.41. The Balaban J connectivity index is 2.08. The number of hydrogen-bond acceptors (Lipinski definition) is 4. The topological polar surface area (TPSA) is 44.8 Å². The summed E-state index contributed by atoms with van der Waals surface area (Å²) in [6, 6.07) is 0. The van der Waals surface area contributed by atoms with Gasteiger partial charge in [0.05, 0.1) is 24.2 Å². The van der Waals surface area contributed by atoms with Gasteiger partial charge in [-0.3, -0.25) is 4.79 Å². The lowest BCUT2D eigenvalue weighted by molar-refractivity contribution is -0.151. The van der Waals surface area contributed by atoms with Gasteiger partial charge in [-0.1, -0.05) is 20.3 Å². The van der Waals surface area contributed by atoms with Gasteiger partial charge >= 0.3 is 13.1 Å². The molecular weight excluding hydrogens is 267 g/mol. The van der Waals surface area contributed by atoms with E-state index < -0.39 is 0 Å². The standard InChI is InChI=1S/C16H29BO4/c1-14(2)10-11(8-9-12(14)13(18)19-7)17-20-15(3,4)16(5,6)21-17/h11-12H,8-10H2,1-7H3. The van der Waals surface area contributed by atoms with Gasteiger partial charge in [0.25, 0.3) is 0 Å². The fourth-order valence-corrected chi connectivity index (χ4v) is 3.58. The van der Waals surface area contributed by atoms with Crippen LogP contribution >= 0.6 is 0 Å². The first-order valence-corrected chi connectivity index (χ1v) is 7.94. The second-order valence-electron chi connectivity index (χ2n) is 8.23. The van der Waals surface area contributed by atoms with Crippen molar-refractivity contribution in [3.05, 3.63) is 0 Å². The molecule has 0 spiro atoms. The first-order chi connectivity index (χ1) is 9.50. The van der Waals surface area contributed by atoms with Crippen LogP contribution in [0.2, 0.25) is 5.82 Å². The van der Waals surface area contributed by atoms with Gasteiger partial charge < -0.3 is 14.0 Å². The summed E-state index contributed by atoms with van der Waals surface area (Å²) >= 11 is 0. The Morgan fingerprint density at radius 1 is 1.05 bits per heavy atom. The highest BCUT2D eigenvalue weighted by atomic mass is 16.7. The van der Waals surface area contributed by atoms with Gasteiger partial charge in [-0.15, -0.1) is 0 Å². The summed E-state index contributed by atoms with van der Waals surface area (Å²) in [5.41, 5.74) is -0.665. The summed E-state index contributed by atoms with van der Waals surface area (Å²) in [4.78, 5) is 11.9. The first kappa shape index (κ1) is 16.8. The summed E-state index contributed by atoms with van der Waals surface area (Å²) in [5, 5.41) is 0. The minimum atomic E-state index is -0.291. The molecule has 0 aromatic heterocycles. The number of carbonyl (C=O) groups is 1. The van der Waals surface area contributed by atoms with Crippen LogP contribution in [0.3, 0.4) is 0 Å². The number of methoxy groups -OCH3 is 1. The predicted molar refractivity (Wildman–Crippen MR) is 83.0 cm³/mol. The average Bonchev–Trinajstić information content (AvgIpc) is 2.56. The van der Waals surface area contributed by atoms with Crippen LogP contribution in [0.15, 0.2) is 0 Å². The van der Waals surface area contributed by atoms with Crippen molar-refractivity contribution >= 4 is 13.1 Å². The number of esters is 1. The molecule has 1 heterocycles. The highest BCUT2D eigenvalue weighted by Crippen LogP contribution is 2.51. The van der Waals surface area contributed by atoms with Crippen LogP contribution in [0.25, 0.3) is 0 Å². The molecule has 1 saturated heterocycles. The molecule has 0 N–H and O–H groups in total. The molecule has 0 aromatic carbocycles. The first-order valence-electron chi connectivity index (χ1n) is 7.94. The van der Waals surface area contributed by atoms with Crippen LogP contribution in [0, 0.1) is 11.3 Å². The van der Waals surface area contributed by atoms with Crippen LogP contribution in [0.1, 0.15) is 60.8 Å². The Kier molecular flexibility index (Phi) is 4.22. The Labute approximate surface area is 129 Å². The van der Waals surface area contributed by atoms with Crippen molar-refractivity contribution in [1.29, 1.82) is 0 Å². The zero-order valence-corrected chi connectivity index (χ0v) is 14.5. The van der Waals surface area contributed by atoms with Crippen LogP contribution in [-0.4, -0.2) is 31.4 Å². The Morgan fingerprint density at radius 2 is 1.57 bits per heavy atom. The highest BCUT2D eigenvalue weighted by Gasteiger charge is 2.56. The highest BCUT2D eigenvalue weighted by molar-refractivity contribution is 6.47. The summed E-state index contributed by atoms with van der Waals surface area (Å²) in [6.45, 7) is 12.6. The normalized spacial score (nSPS) is 33.8. The molecule has 5 heteroatoms. The number of rotatable bonds is 2. The van der Waals surface area contributed by atoms with E-state index in [1.807, 2.05) is 0 Å². The van der Waals surface area contributed by atoms with Gasteiger partial charge in [-0.05, 0) is 51.8 Å². The number of carbonyl (C=O) groups excluding carboxylic acids is 1. The van der Waals surface area contributed by atoms with E-state index in [0.717, 1.165) is 19.3 Å². The van der Waals surface area contributed by atoms with Crippen molar-refractivity contribution in [1.82, 2.24) is 0 Å². The van der Waals surface area contributed by atoms with Gasteiger partial charge in [0.15, 0.2) is 0 Å². The van der Waals surface area contributed by atoms with E-state index in [1.54, 1.807) is 0 Å². The molecule has 0 bridgehead atoms. The molecule has 120 valence electrons. The third kappa shape index (κ3) is 3.00. The third-order valence-corrected chi connectivity index (χ3v) is 5.70. The monoisotopic (exact) mass is 296 g/mol. The fraction of sp³-hybridized carbons (Fsp3) is 0.938. The summed E-state index contributed by atoms with van der Waals surface area (Å²) in [7, 11) is 1.30. The van der Waals surface area contributed by atoms with E-state index in [2.05, 4.69) is 41.5 Å². The number of ether oxygens (including phenoxy) is 1. The summed E-state index contributed by atoms with van der Waals surface area (Å²) < 4.78 is 17.3. The van der Waals surface area contributed by atoms with E-state index in [1.165, 1.54) is 7.11 Å². The molecule has 21 heavy (non-hydrogen) atoms. The van der Waals surface area contributed by atoms with Gasteiger partial charge in [-0.2, -0.15) is 0 Å². The molecule has 0 amide bonds. The quantitative estimate of drug-likeness (QED) is 0.578. The van der Waals surface area contributed by atoms with Crippen molar-refractivity contribution < 1.29 is 18.8 Å². The van der Waals surface area contributed by atoms with Crippen molar-refractivity contribution in [3.63, 3.8) is 0 Å². The zero-order valence-electron chi connectivity index (χ0n) is 14.5. The molecule has 1 aliphatic heterocycles. The number of hydrogen-bond donors (Lipinski definition) is 0. The molecule has 0 aromatic rings. The Bertz CT molecular complexity index is 401. The molecule has 2 unspecified atom stereocenters. The SMILES string of the molecule is COC(=O)C1CCC(B2OC(C)(C)C(C)(C)O2)CC1(C)C. The van der Waals surface area contributed by atoms with Gasteiger partial charge in [-0.25, -0.2) is 0 Å². The van der Waals surface area contributed by atoms with E-state index in [9.17, 15) is 4.79 Å². The maximum Gasteiger partial charge on any atom is 0.461 e. The van der Waals surface area contributed by atoms with E-state index in [4.69, 9.17) is 14.0 Å². The Morgan fingerprint density at radius 3 is 2.00 bits per heavy atom. The predicted octanol–water partition coefficient (Wildman–Crippen LogP) is 3.45. The van der Waals surface area contributed by atoms with Crippen molar-refractivity contribution in [3.8, 4) is 0 Å². The smallest absolute Gasteiger partial charge is 0.461 e. The van der Waals surface area contributed by atoms with Crippen molar-refractivity contribution in [2.24, 2.45) is 11.3 Å². The van der Waals surface area contributed by atoms with E-state index in [0.29, 0.717) is 5.82 Å². The van der Waals surface area contributed by atoms with Crippen LogP contribution < -0.4 is 0 Å². The molecule has 2 aliphatic rings. The third-order valence-electron chi connectivity index (χ3n) is 5.70. The molecule has 1 aliphatic carbocycles. The maximum absolute atomic E-state index is 11.9. The van der Waals surface area contributed by atoms with Crippen LogP contribution in [0.4, 0.5) is 0 Å². The van der Waals surface area contributed by atoms with Gasteiger partial charge in [0, 0.05) is 0 Å². The van der Waals surface area contributed by atoms with Crippen molar-refractivity contribution in [2.75, 3.05) is 7.11 Å². The molecule has 1 saturated carbocycles. The lowest BCUT2D eigenvalue weighted by atomic mass is 9.55. The second kappa shape index (κ2) is 5.27. The minimum Gasteiger partial charge on any atom is -0.469 e. The molecule has 2 atom stereocenters. The summed E-state index contributed by atoms with van der Waals surface area (Å²) in [6.07, 6.45) is 2.71. The Hall–Kier alpha value is -0.545. The fourth-order valence-electron chi connectivity index (χ4n) is 3.58. The summed E-state index contributed by atoms with van der Waals surface area (Å²) in [5.74, 6) is 0.218. The lowest BCUT2D eigenvalue weighted by Crippen LogP contribution is -2.41. The zero-order chi connectivity index (χ0) is 16.1. The molecule has 2 rings (SSSR count).